The summed E-state index contributed by atoms with van der Waals surface area (Å²) in [7, 11) is 0. The minimum absolute atomic E-state index is 0.364. The number of fused-ring (bicyclic) bond motifs is 8. The van der Waals surface area contributed by atoms with E-state index in [1.165, 1.54) is 33.5 Å². The van der Waals surface area contributed by atoms with E-state index >= 15 is 0 Å². The van der Waals surface area contributed by atoms with Crippen LogP contribution in [0, 0.1) is 20.8 Å². The maximum atomic E-state index is 5.27. The van der Waals surface area contributed by atoms with E-state index in [2.05, 4.69) is 89.3 Å². The highest BCUT2D eigenvalue weighted by molar-refractivity contribution is 5.93. The predicted octanol–water partition coefficient (Wildman–Crippen LogP) is 8.91. The molecule has 5 heterocycles. The summed E-state index contributed by atoms with van der Waals surface area (Å²) in [5, 5.41) is 0. The number of aryl methyl sites for hydroxylation is 3. The molecule has 0 spiro atoms. The van der Waals surface area contributed by atoms with E-state index in [1.807, 2.05) is 6.08 Å². The predicted molar refractivity (Wildman–Crippen MR) is 154 cm³/mol. The van der Waals surface area contributed by atoms with Crippen LogP contribution in [0.4, 0.5) is 0 Å². The number of rotatable bonds is 4. The molecule has 0 saturated carbocycles. The Balaban J connectivity index is 1.96. The molecule has 2 N–H and O–H groups in total. The molecule has 3 aromatic rings. The quantitative estimate of drug-likeness (QED) is 0.393. The number of nitrogens with one attached hydrogen (secondary N) is 2. The van der Waals surface area contributed by atoms with Crippen molar-refractivity contribution in [2.45, 2.75) is 79.6 Å². The molecule has 4 heteroatoms. The van der Waals surface area contributed by atoms with E-state index in [4.69, 9.17) is 9.97 Å². The van der Waals surface area contributed by atoms with Gasteiger partial charge >= 0.3 is 0 Å². The first-order valence-electron chi connectivity index (χ1n) is 13.3. The normalized spacial score (nSPS) is 17.6. The second-order valence-electron chi connectivity index (χ2n) is 10.5. The lowest BCUT2D eigenvalue weighted by atomic mass is 9.86. The first kappa shape index (κ1) is 24.3. The largest absolute Gasteiger partial charge is 0.355 e. The molecule has 4 nitrogen and oxygen atoms in total. The van der Waals surface area contributed by atoms with Crippen molar-refractivity contribution in [3.63, 3.8) is 0 Å². The lowest BCUT2D eigenvalue weighted by Crippen LogP contribution is -2.03. The SMILES string of the molecule is C=Cc1c(C)c2cc3nc(c(C)c4cc(C)c(cc5nc(cc1[nH]2)C(C)=C5CC)[nH]4)[C@@H](CCC)C3C. The van der Waals surface area contributed by atoms with Gasteiger partial charge in [0.05, 0.1) is 11.4 Å². The average molecular weight is 479 g/mol. The van der Waals surface area contributed by atoms with Gasteiger partial charge in [0.15, 0.2) is 0 Å². The van der Waals surface area contributed by atoms with Gasteiger partial charge in [-0.3, -0.25) is 4.98 Å². The van der Waals surface area contributed by atoms with Crippen LogP contribution in [0.2, 0.25) is 0 Å². The van der Waals surface area contributed by atoms with Crippen LogP contribution < -0.4 is 0 Å². The molecule has 2 aliphatic rings. The lowest BCUT2D eigenvalue weighted by molar-refractivity contribution is 0.548. The standard InChI is InChI=1S/C32H38N4/c1-9-12-24-20(7)29-15-27-18(5)23(11-3)31(34-27)16-28-19(6)22(10-2)30(35-28)14-25-17(4)13-26(33-25)21(8)32(24)36-29/h11,13-16,20,24,33-34H,3,9-10,12H2,1-2,4-8H3/t20?,24-/m0/s1. The number of nitrogens with zero attached hydrogens (tertiary/aromatic N) is 2. The Morgan fingerprint density at radius 2 is 1.56 bits per heavy atom. The first-order chi connectivity index (χ1) is 17.3. The van der Waals surface area contributed by atoms with Gasteiger partial charge in [-0.25, -0.2) is 4.98 Å². The molecular formula is C32H38N4. The van der Waals surface area contributed by atoms with Crippen LogP contribution in [-0.2, 0) is 0 Å². The van der Waals surface area contributed by atoms with Crippen molar-refractivity contribution in [3.05, 3.63) is 75.9 Å². The molecule has 3 aromatic heterocycles. The van der Waals surface area contributed by atoms with Gasteiger partial charge in [0.1, 0.15) is 0 Å². The summed E-state index contributed by atoms with van der Waals surface area (Å²) in [4.78, 5) is 17.8. The third-order valence-electron chi connectivity index (χ3n) is 8.28. The van der Waals surface area contributed by atoms with E-state index in [1.54, 1.807) is 0 Å². The molecule has 5 rings (SSSR count). The molecule has 2 atom stereocenters. The van der Waals surface area contributed by atoms with E-state index in [0.717, 1.165) is 64.0 Å². The maximum absolute atomic E-state index is 5.27. The summed E-state index contributed by atoms with van der Waals surface area (Å²) in [6.45, 7) is 19.7. The fraction of sp³-hybridized carbons (Fsp3) is 0.375. The third-order valence-corrected chi connectivity index (χ3v) is 8.28. The van der Waals surface area contributed by atoms with E-state index in [9.17, 15) is 0 Å². The Morgan fingerprint density at radius 1 is 0.861 bits per heavy atom. The highest BCUT2D eigenvalue weighted by Gasteiger charge is 2.29. The zero-order valence-corrected chi connectivity index (χ0v) is 22.8. The monoisotopic (exact) mass is 478 g/mol. The maximum Gasteiger partial charge on any atom is 0.0693 e. The van der Waals surface area contributed by atoms with Gasteiger partial charge in [-0.1, -0.05) is 39.8 Å². The molecule has 2 aliphatic heterocycles. The number of H-pyrrole nitrogens is 2. The highest BCUT2D eigenvalue weighted by atomic mass is 14.8. The highest BCUT2D eigenvalue weighted by Crippen LogP contribution is 2.41. The number of hydrogen-bond acceptors (Lipinski definition) is 2. The first-order valence-corrected chi connectivity index (χ1v) is 13.3. The number of aromatic nitrogens is 4. The average Bonchev–Trinajstić information content (AvgIpc) is 3.54. The fourth-order valence-corrected chi connectivity index (χ4v) is 5.98. The van der Waals surface area contributed by atoms with Gasteiger partial charge in [0.25, 0.3) is 0 Å². The van der Waals surface area contributed by atoms with Crippen molar-refractivity contribution >= 4 is 39.3 Å². The molecule has 0 amide bonds. The van der Waals surface area contributed by atoms with E-state index < -0.39 is 0 Å². The third kappa shape index (κ3) is 3.84. The van der Waals surface area contributed by atoms with Gasteiger partial charge < -0.3 is 9.97 Å². The Morgan fingerprint density at radius 3 is 2.25 bits per heavy atom. The topological polar surface area (TPSA) is 57.4 Å². The molecule has 0 radical (unpaired) electrons. The van der Waals surface area contributed by atoms with Gasteiger partial charge in [0.2, 0.25) is 0 Å². The molecule has 8 bridgehead atoms. The number of allylic oxidation sites excluding steroid dienone is 2. The van der Waals surface area contributed by atoms with Gasteiger partial charge in [-0.15, -0.1) is 0 Å². The van der Waals surface area contributed by atoms with Gasteiger partial charge in [0, 0.05) is 50.9 Å². The molecule has 0 fully saturated rings. The second-order valence-corrected chi connectivity index (χ2v) is 10.5. The molecule has 0 saturated heterocycles. The summed E-state index contributed by atoms with van der Waals surface area (Å²) in [5.74, 6) is 0.782. The zero-order valence-electron chi connectivity index (χ0n) is 22.8. The Kier molecular flexibility index (Phi) is 6.23. The van der Waals surface area contributed by atoms with E-state index in [0.29, 0.717) is 11.8 Å². The number of hydrogen-bond donors (Lipinski definition) is 2. The van der Waals surface area contributed by atoms with Crippen LogP contribution >= 0.6 is 0 Å². The molecule has 186 valence electrons. The van der Waals surface area contributed by atoms with Crippen LogP contribution in [-0.4, -0.2) is 19.9 Å². The van der Waals surface area contributed by atoms with Crippen LogP contribution in [0.15, 0.2) is 30.8 Å². The smallest absolute Gasteiger partial charge is 0.0693 e. The number of aromatic amines is 2. The summed E-state index contributed by atoms with van der Waals surface area (Å²) in [5.41, 5.74) is 16.2. The molecule has 0 aromatic carbocycles. The van der Waals surface area contributed by atoms with Crippen molar-refractivity contribution in [1.82, 2.24) is 19.9 Å². The lowest BCUT2D eigenvalue weighted by Gasteiger charge is -2.16. The van der Waals surface area contributed by atoms with Crippen molar-refractivity contribution < 1.29 is 0 Å². The van der Waals surface area contributed by atoms with Crippen LogP contribution in [0.25, 0.3) is 39.3 Å². The molecule has 36 heavy (non-hydrogen) atoms. The molecular weight excluding hydrogens is 440 g/mol. The fourth-order valence-electron chi connectivity index (χ4n) is 5.98. The Hall–Kier alpha value is -3.40. The van der Waals surface area contributed by atoms with Crippen molar-refractivity contribution in [2.75, 3.05) is 0 Å². The van der Waals surface area contributed by atoms with Gasteiger partial charge in [-0.2, -0.15) is 0 Å². The summed E-state index contributed by atoms with van der Waals surface area (Å²) >= 11 is 0. The van der Waals surface area contributed by atoms with Crippen molar-refractivity contribution in [3.8, 4) is 0 Å². The zero-order chi connectivity index (χ0) is 25.7. The Bertz CT molecular complexity index is 1560. The van der Waals surface area contributed by atoms with E-state index in [-0.39, 0.29) is 0 Å². The van der Waals surface area contributed by atoms with Gasteiger partial charge in [-0.05, 0) is 92.6 Å². The molecule has 1 unspecified atom stereocenters. The van der Waals surface area contributed by atoms with Crippen LogP contribution in [0.1, 0.15) is 104 Å². The molecule has 0 aliphatic carbocycles. The minimum atomic E-state index is 0.364. The van der Waals surface area contributed by atoms with Crippen molar-refractivity contribution in [2.24, 2.45) is 0 Å². The summed E-state index contributed by atoms with van der Waals surface area (Å²) in [6, 6.07) is 8.92. The van der Waals surface area contributed by atoms with Crippen LogP contribution in [0.3, 0.4) is 0 Å². The summed E-state index contributed by atoms with van der Waals surface area (Å²) in [6.07, 6.45) is 5.17. The Labute approximate surface area is 214 Å². The minimum Gasteiger partial charge on any atom is -0.355 e. The van der Waals surface area contributed by atoms with Crippen molar-refractivity contribution in [1.29, 1.82) is 0 Å². The second kappa shape index (κ2) is 9.24. The summed E-state index contributed by atoms with van der Waals surface area (Å²) < 4.78 is 0. The van der Waals surface area contributed by atoms with Crippen LogP contribution in [0.5, 0.6) is 0 Å².